The zero-order valence-electron chi connectivity index (χ0n) is 12.4. The van der Waals surface area contributed by atoms with Gasteiger partial charge in [0.05, 0.1) is 6.61 Å². The monoisotopic (exact) mass is 303 g/mol. The summed E-state index contributed by atoms with van der Waals surface area (Å²) in [4.78, 5) is 12.2. The van der Waals surface area contributed by atoms with Crippen molar-refractivity contribution < 1.29 is 9.53 Å². The minimum absolute atomic E-state index is 0.166. The number of amides is 1. The summed E-state index contributed by atoms with van der Waals surface area (Å²) in [6, 6.07) is 10.8. The summed E-state index contributed by atoms with van der Waals surface area (Å²) in [6.07, 6.45) is 0. The fraction of sp³-hybridized carbons (Fsp3) is 0.235. The molecule has 0 aliphatic carbocycles. The lowest BCUT2D eigenvalue weighted by molar-refractivity contribution is 0.102. The van der Waals surface area contributed by atoms with Crippen LogP contribution in [0.2, 0.25) is 5.02 Å². The van der Waals surface area contributed by atoms with E-state index in [0.717, 1.165) is 16.9 Å². The second-order valence-electron chi connectivity index (χ2n) is 4.83. The zero-order valence-corrected chi connectivity index (χ0v) is 13.1. The molecule has 0 saturated carbocycles. The third-order valence-electron chi connectivity index (χ3n) is 3.17. The van der Waals surface area contributed by atoms with Gasteiger partial charge in [0, 0.05) is 16.3 Å². The number of nitrogens with one attached hydrogen (secondary N) is 1. The number of carbonyl (C=O) groups is 1. The van der Waals surface area contributed by atoms with Gasteiger partial charge in [-0.1, -0.05) is 17.7 Å². The van der Waals surface area contributed by atoms with Crippen LogP contribution in [0.15, 0.2) is 36.4 Å². The molecule has 0 aromatic heterocycles. The number of halogens is 1. The molecule has 2 aromatic carbocycles. The number of anilines is 1. The summed E-state index contributed by atoms with van der Waals surface area (Å²) < 4.78 is 5.47. The van der Waals surface area contributed by atoms with Crippen LogP contribution >= 0.6 is 11.6 Å². The van der Waals surface area contributed by atoms with Gasteiger partial charge in [-0.25, -0.2) is 0 Å². The average Bonchev–Trinajstić information content (AvgIpc) is 2.45. The van der Waals surface area contributed by atoms with Crippen LogP contribution in [0.25, 0.3) is 0 Å². The van der Waals surface area contributed by atoms with Crippen molar-refractivity contribution in [2.24, 2.45) is 0 Å². The first-order valence-electron chi connectivity index (χ1n) is 6.82. The molecule has 0 heterocycles. The number of benzene rings is 2. The van der Waals surface area contributed by atoms with Crippen molar-refractivity contribution in [1.82, 2.24) is 0 Å². The molecule has 2 rings (SSSR count). The Morgan fingerprint density at radius 2 is 1.90 bits per heavy atom. The third-order valence-corrected chi connectivity index (χ3v) is 3.57. The van der Waals surface area contributed by atoms with Crippen molar-refractivity contribution in [2.75, 3.05) is 11.9 Å². The van der Waals surface area contributed by atoms with E-state index < -0.39 is 0 Å². The molecule has 21 heavy (non-hydrogen) atoms. The summed E-state index contributed by atoms with van der Waals surface area (Å²) in [5.41, 5.74) is 3.19. The number of aryl methyl sites for hydroxylation is 2. The van der Waals surface area contributed by atoms with Gasteiger partial charge in [-0.15, -0.1) is 0 Å². The molecule has 0 spiro atoms. The molecule has 4 heteroatoms. The highest BCUT2D eigenvalue weighted by Crippen LogP contribution is 2.22. The number of carbonyl (C=O) groups excluding carboxylic acids is 1. The lowest BCUT2D eigenvalue weighted by Crippen LogP contribution is -2.12. The maximum absolute atomic E-state index is 12.2. The maximum atomic E-state index is 12.2. The molecule has 0 bridgehead atoms. The van der Waals surface area contributed by atoms with Gasteiger partial charge in [0.2, 0.25) is 0 Å². The van der Waals surface area contributed by atoms with E-state index in [1.807, 2.05) is 45.0 Å². The number of ether oxygens (including phenoxy) is 1. The Hall–Kier alpha value is -2.00. The Kier molecular flexibility index (Phi) is 4.86. The van der Waals surface area contributed by atoms with Crippen molar-refractivity contribution in [3.63, 3.8) is 0 Å². The smallest absolute Gasteiger partial charge is 0.255 e. The first-order valence-corrected chi connectivity index (χ1v) is 7.20. The second kappa shape index (κ2) is 6.64. The molecule has 1 N–H and O–H groups in total. The molecule has 0 saturated heterocycles. The molecule has 0 aliphatic heterocycles. The van der Waals surface area contributed by atoms with Gasteiger partial charge in [0.1, 0.15) is 5.75 Å². The molecule has 0 atom stereocenters. The SMILES string of the molecule is CCOc1ccc(C(=O)Nc2ccc(C)c(Cl)c2)cc1C. The summed E-state index contributed by atoms with van der Waals surface area (Å²) in [6.45, 7) is 6.38. The normalized spacial score (nSPS) is 10.3. The molecule has 1 amide bonds. The highest BCUT2D eigenvalue weighted by Gasteiger charge is 2.09. The Morgan fingerprint density at radius 1 is 1.14 bits per heavy atom. The number of hydrogen-bond donors (Lipinski definition) is 1. The van der Waals surface area contributed by atoms with Crippen LogP contribution in [-0.2, 0) is 0 Å². The van der Waals surface area contributed by atoms with Crippen LogP contribution in [-0.4, -0.2) is 12.5 Å². The van der Waals surface area contributed by atoms with E-state index in [4.69, 9.17) is 16.3 Å². The standard InChI is InChI=1S/C17H18ClNO2/c1-4-21-16-8-6-13(9-12(16)3)17(20)19-14-7-5-11(2)15(18)10-14/h5-10H,4H2,1-3H3,(H,19,20). The second-order valence-corrected chi connectivity index (χ2v) is 5.24. The van der Waals surface area contributed by atoms with E-state index in [0.29, 0.717) is 22.9 Å². The van der Waals surface area contributed by atoms with Crippen molar-refractivity contribution in [2.45, 2.75) is 20.8 Å². The summed E-state index contributed by atoms with van der Waals surface area (Å²) in [5, 5.41) is 3.48. The Bertz CT molecular complexity index is 668. The summed E-state index contributed by atoms with van der Waals surface area (Å²) in [5.74, 6) is 0.633. The first kappa shape index (κ1) is 15.4. The minimum atomic E-state index is -0.166. The predicted molar refractivity (Wildman–Crippen MR) is 86.5 cm³/mol. The van der Waals surface area contributed by atoms with E-state index in [1.165, 1.54) is 0 Å². The zero-order chi connectivity index (χ0) is 15.4. The summed E-state index contributed by atoms with van der Waals surface area (Å²) in [7, 11) is 0. The van der Waals surface area contributed by atoms with E-state index >= 15 is 0 Å². The predicted octanol–water partition coefficient (Wildman–Crippen LogP) is 4.61. The highest BCUT2D eigenvalue weighted by atomic mass is 35.5. The van der Waals surface area contributed by atoms with Gasteiger partial charge < -0.3 is 10.1 Å². The largest absolute Gasteiger partial charge is 0.494 e. The van der Waals surface area contributed by atoms with Crippen molar-refractivity contribution in [3.8, 4) is 5.75 Å². The molecule has 0 unspecified atom stereocenters. The number of rotatable bonds is 4. The molecular weight excluding hydrogens is 286 g/mol. The van der Waals surface area contributed by atoms with Crippen LogP contribution in [0.1, 0.15) is 28.4 Å². The molecule has 110 valence electrons. The van der Waals surface area contributed by atoms with Crippen molar-refractivity contribution >= 4 is 23.2 Å². The van der Waals surface area contributed by atoms with Crippen LogP contribution in [0.5, 0.6) is 5.75 Å². The van der Waals surface area contributed by atoms with E-state index in [1.54, 1.807) is 12.1 Å². The van der Waals surface area contributed by atoms with Crippen LogP contribution in [0.3, 0.4) is 0 Å². The van der Waals surface area contributed by atoms with Crippen LogP contribution in [0.4, 0.5) is 5.69 Å². The lowest BCUT2D eigenvalue weighted by Gasteiger charge is -2.10. The molecule has 0 fully saturated rings. The fourth-order valence-electron chi connectivity index (χ4n) is 1.98. The van der Waals surface area contributed by atoms with Gasteiger partial charge in [-0.05, 0) is 62.2 Å². The Labute approximate surface area is 129 Å². The minimum Gasteiger partial charge on any atom is -0.494 e. The van der Waals surface area contributed by atoms with E-state index in [9.17, 15) is 4.79 Å². The average molecular weight is 304 g/mol. The van der Waals surface area contributed by atoms with Crippen molar-refractivity contribution in [3.05, 3.63) is 58.1 Å². The molecule has 0 aliphatic rings. The van der Waals surface area contributed by atoms with Gasteiger partial charge in [-0.2, -0.15) is 0 Å². The quantitative estimate of drug-likeness (QED) is 0.896. The Balaban J connectivity index is 2.16. The lowest BCUT2D eigenvalue weighted by atomic mass is 10.1. The van der Waals surface area contributed by atoms with Crippen LogP contribution in [0, 0.1) is 13.8 Å². The topological polar surface area (TPSA) is 38.3 Å². The molecule has 0 radical (unpaired) electrons. The van der Waals surface area contributed by atoms with Crippen molar-refractivity contribution in [1.29, 1.82) is 0 Å². The molecular formula is C17H18ClNO2. The fourth-order valence-corrected chi connectivity index (χ4v) is 2.16. The third kappa shape index (κ3) is 3.76. The first-order chi connectivity index (χ1) is 10.0. The van der Waals surface area contributed by atoms with Gasteiger partial charge in [0.15, 0.2) is 0 Å². The van der Waals surface area contributed by atoms with Gasteiger partial charge >= 0.3 is 0 Å². The maximum Gasteiger partial charge on any atom is 0.255 e. The van der Waals surface area contributed by atoms with E-state index in [2.05, 4.69) is 5.32 Å². The van der Waals surface area contributed by atoms with Gasteiger partial charge in [-0.3, -0.25) is 4.79 Å². The molecule has 2 aromatic rings. The molecule has 3 nitrogen and oxygen atoms in total. The summed E-state index contributed by atoms with van der Waals surface area (Å²) >= 11 is 6.06. The van der Waals surface area contributed by atoms with Crippen LogP contribution < -0.4 is 10.1 Å². The van der Waals surface area contributed by atoms with E-state index in [-0.39, 0.29) is 5.91 Å². The van der Waals surface area contributed by atoms with Gasteiger partial charge in [0.25, 0.3) is 5.91 Å². The number of hydrogen-bond acceptors (Lipinski definition) is 2. The Morgan fingerprint density at radius 3 is 2.52 bits per heavy atom. The highest BCUT2D eigenvalue weighted by molar-refractivity contribution is 6.31.